The van der Waals surface area contributed by atoms with E-state index in [9.17, 15) is 4.79 Å². The van der Waals surface area contributed by atoms with E-state index in [-0.39, 0.29) is 5.91 Å². The highest BCUT2D eigenvalue weighted by molar-refractivity contribution is 6.05. The molecule has 3 nitrogen and oxygen atoms in total. The molecular weight excluding hydrogens is 272 g/mol. The van der Waals surface area contributed by atoms with Crippen molar-refractivity contribution < 1.29 is 4.79 Å². The SMILES string of the molecule is CC1=NC(=O)[C@@](C)(c2ccccc2)N1CCc1ccccc1. The summed E-state index contributed by atoms with van der Waals surface area (Å²) < 4.78 is 0. The van der Waals surface area contributed by atoms with Crippen LogP contribution < -0.4 is 0 Å². The van der Waals surface area contributed by atoms with Gasteiger partial charge in [0.1, 0.15) is 11.4 Å². The zero-order valence-corrected chi connectivity index (χ0v) is 13.0. The van der Waals surface area contributed by atoms with Crippen molar-refractivity contribution in [2.45, 2.75) is 25.8 Å². The van der Waals surface area contributed by atoms with E-state index >= 15 is 0 Å². The van der Waals surface area contributed by atoms with Gasteiger partial charge >= 0.3 is 0 Å². The normalized spacial score (nSPS) is 21.1. The molecule has 0 radical (unpaired) electrons. The van der Waals surface area contributed by atoms with Gasteiger partial charge in [0.25, 0.3) is 5.91 Å². The van der Waals surface area contributed by atoms with Gasteiger partial charge in [-0.15, -0.1) is 0 Å². The molecule has 3 rings (SSSR count). The first-order valence-corrected chi connectivity index (χ1v) is 7.59. The van der Waals surface area contributed by atoms with Gasteiger partial charge in [0.05, 0.1) is 0 Å². The number of nitrogens with zero attached hydrogens (tertiary/aromatic N) is 2. The molecule has 1 aliphatic heterocycles. The molecule has 112 valence electrons. The summed E-state index contributed by atoms with van der Waals surface area (Å²) in [5, 5.41) is 0. The Hall–Kier alpha value is -2.42. The highest BCUT2D eigenvalue weighted by Gasteiger charge is 2.46. The number of benzene rings is 2. The van der Waals surface area contributed by atoms with E-state index in [1.807, 2.05) is 62.4 Å². The molecule has 0 unspecified atom stereocenters. The van der Waals surface area contributed by atoms with Crippen LogP contribution in [0.5, 0.6) is 0 Å². The van der Waals surface area contributed by atoms with Crippen LogP contribution in [0.15, 0.2) is 65.7 Å². The van der Waals surface area contributed by atoms with Crippen molar-refractivity contribution in [1.29, 1.82) is 0 Å². The number of aliphatic imine (C=N–C) groups is 1. The minimum atomic E-state index is -0.694. The first-order valence-electron chi connectivity index (χ1n) is 7.59. The molecule has 0 saturated heterocycles. The van der Waals surface area contributed by atoms with Gasteiger partial charge in [-0.1, -0.05) is 60.7 Å². The molecule has 0 bridgehead atoms. The summed E-state index contributed by atoms with van der Waals surface area (Å²) in [5.41, 5.74) is 1.57. The van der Waals surface area contributed by atoms with Crippen molar-refractivity contribution in [1.82, 2.24) is 4.90 Å². The second-order valence-corrected chi connectivity index (χ2v) is 5.79. The Labute approximate surface area is 131 Å². The fourth-order valence-electron chi connectivity index (χ4n) is 3.07. The van der Waals surface area contributed by atoms with E-state index in [1.54, 1.807) is 0 Å². The van der Waals surface area contributed by atoms with Crippen molar-refractivity contribution in [3.8, 4) is 0 Å². The van der Waals surface area contributed by atoms with Gasteiger partial charge in [0, 0.05) is 6.54 Å². The molecule has 1 amide bonds. The maximum absolute atomic E-state index is 12.5. The number of amidine groups is 1. The lowest BCUT2D eigenvalue weighted by atomic mass is 9.90. The van der Waals surface area contributed by atoms with Crippen LogP contribution in [-0.4, -0.2) is 23.2 Å². The molecule has 0 aliphatic carbocycles. The predicted octanol–water partition coefficient (Wildman–Crippen LogP) is 3.41. The second-order valence-electron chi connectivity index (χ2n) is 5.79. The Morgan fingerprint density at radius 2 is 1.59 bits per heavy atom. The highest BCUT2D eigenvalue weighted by Crippen LogP contribution is 2.34. The Balaban J connectivity index is 1.87. The molecule has 0 spiro atoms. The lowest BCUT2D eigenvalue weighted by Gasteiger charge is -2.35. The third-order valence-electron chi connectivity index (χ3n) is 4.41. The first-order chi connectivity index (χ1) is 10.6. The Kier molecular flexibility index (Phi) is 3.80. The van der Waals surface area contributed by atoms with Gasteiger partial charge in [0.15, 0.2) is 0 Å². The second kappa shape index (κ2) is 5.76. The summed E-state index contributed by atoms with van der Waals surface area (Å²) in [6.45, 7) is 4.66. The molecule has 2 aromatic carbocycles. The van der Waals surface area contributed by atoms with Crippen molar-refractivity contribution in [2.24, 2.45) is 4.99 Å². The number of carbonyl (C=O) groups is 1. The van der Waals surface area contributed by atoms with E-state index in [4.69, 9.17) is 0 Å². The average Bonchev–Trinajstić information content (AvgIpc) is 2.78. The summed E-state index contributed by atoms with van der Waals surface area (Å²) >= 11 is 0. The smallest absolute Gasteiger partial charge is 0.277 e. The lowest BCUT2D eigenvalue weighted by molar-refractivity contribution is -0.125. The van der Waals surface area contributed by atoms with Crippen molar-refractivity contribution in [3.05, 3.63) is 71.8 Å². The van der Waals surface area contributed by atoms with Gasteiger partial charge in [-0.25, -0.2) is 0 Å². The molecule has 3 heteroatoms. The molecule has 1 heterocycles. The topological polar surface area (TPSA) is 32.7 Å². The standard InChI is InChI=1S/C19H20N2O/c1-15-20-18(22)19(2,17-11-7-4-8-12-17)21(15)14-13-16-9-5-3-6-10-16/h3-12H,13-14H2,1-2H3/t19-/m1/s1. The summed E-state index contributed by atoms with van der Waals surface area (Å²) in [5.74, 6) is 0.719. The predicted molar refractivity (Wildman–Crippen MR) is 88.8 cm³/mol. The fraction of sp³-hybridized carbons (Fsp3) is 0.263. The maximum Gasteiger partial charge on any atom is 0.277 e. The molecular formula is C19H20N2O. The van der Waals surface area contributed by atoms with Gasteiger partial charge in [-0.2, -0.15) is 4.99 Å². The van der Waals surface area contributed by atoms with E-state index in [0.29, 0.717) is 0 Å². The molecule has 0 saturated carbocycles. The molecule has 1 aliphatic rings. The molecule has 22 heavy (non-hydrogen) atoms. The minimum absolute atomic E-state index is 0.0794. The largest absolute Gasteiger partial charge is 0.342 e. The van der Waals surface area contributed by atoms with Crippen LogP contribution in [0, 0.1) is 0 Å². The first kappa shape index (κ1) is 14.5. The summed E-state index contributed by atoms with van der Waals surface area (Å²) in [6.07, 6.45) is 0.892. The average molecular weight is 292 g/mol. The van der Waals surface area contributed by atoms with Gasteiger partial charge < -0.3 is 4.90 Å². The van der Waals surface area contributed by atoms with Gasteiger partial charge in [-0.05, 0) is 31.4 Å². The van der Waals surface area contributed by atoms with Gasteiger partial charge in [-0.3, -0.25) is 4.79 Å². The van der Waals surface area contributed by atoms with Crippen molar-refractivity contribution >= 4 is 11.7 Å². The third-order valence-corrected chi connectivity index (χ3v) is 4.41. The minimum Gasteiger partial charge on any atom is -0.342 e. The number of amides is 1. The zero-order chi connectivity index (χ0) is 15.6. The monoisotopic (exact) mass is 292 g/mol. The number of hydrogen-bond acceptors (Lipinski definition) is 2. The van der Waals surface area contributed by atoms with Crippen molar-refractivity contribution in [3.63, 3.8) is 0 Å². The summed E-state index contributed by atoms with van der Waals surface area (Å²) in [4.78, 5) is 18.8. The molecule has 0 N–H and O–H groups in total. The van der Waals surface area contributed by atoms with E-state index < -0.39 is 5.54 Å². The molecule has 0 fully saturated rings. The Morgan fingerprint density at radius 1 is 1.00 bits per heavy atom. The van der Waals surface area contributed by atoms with Crippen LogP contribution in [0.25, 0.3) is 0 Å². The van der Waals surface area contributed by atoms with E-state index in [2.05, 4.69) is 22.0 Å². The Bertz CT molecular complexity index is 694. The van der Waals surface area contributed by atoms with Crippen LogP contribution in [0.4, 0.5) is 0 Å². The van der Waals surface area contributed by atoms with Crippen LogP contribution >= 0.6 is 0 Å². The molecule has 1 atom stereocenters. The maximum atomic E-state index is 12.5. The number of hydrogen-bond donors (Lipinski definition) is 0. The van der Waals surface area contributed by atoms with Crippen LogP contribution in [-0.2, 0) is 16.8 Å². The Morgan fingerprint density at radius 3 is 2.23 bits per heavy atom. The van der Waals surface area contributed by atoms with Crippen LogP contribution in [0.2, 0.25) is 0 Å². The third kappa shape index (κ3) is 2.43. The van der Waals surface area contributed by atoms with E-state index in [1.165, 1.54) is 5.56 Å². The van der Waals surface area contributed by atoms with Crippen LogP contribution in [0.1, 0.15) is 25.0 Å². The number of carbonyl (C=O) groups excluding carboxylic acids is 1. The lowest BCUT2D eigenvalue weighted by Crippen LogP contribution is -2.47. The van der Waals surface area contributed by atoms with Gasteiger partial charge in [0.2, 0.25) is 0 Å². The quantitative estimate of drug-likeness (QED) is 0.865. The molecule has 0 aromatic heterocycles. The summed E-state index contributed by atoms with van der Waals surface area (Å²) in [6, 6.07) is 20.2. The number of rotatable bonds is 4. The highest BCUT2D eigenvalue weighted by atomic mass is 16.2. The van der Waals surface area contributed by atoms with E-state index in [0.717, 1.165) is 24.4 Å². The fourth-order valence-corrected chi connectivity index (χ4v) is 3.07. The molecule has 2 aromatic rings. The van der Waals surface area contributed by atoms with Crippen molar-refractivity contribution in [2.75, 3.05) is 6.54 Å². The summed E-state index contributed by atoms with van der Waals surface area (Å²) in [7, 11) is 0. The zero-order valence-electron chi connectivity index (χ0n) is 13.0. The van der Waals surface area contributed by atoms with Crippen LogP contribution in [0.3, 0.4) is 0 Å².